The summed E-state index contributed by atoms with van der Waals surface area (Å²) < 4.78 is 5.62. The molecule has 2 atom stereocenters. The second-order valence-electron chi connectivity index (χ2n) is 9.19. The molecule has 1 amide bonds. The predicted octanol–water partition coefficient (Wildman–Crippen LogP) is 5.06. The molecule has 0 spiro atoms. The van der Waals surface area contributed by atoms with E-state index in [2.05, 4.69) is 10.1 Å². The van der Waals surface area contributed by atoms with Crippen LogP contribution in [0, 0.1) is 24.7 Å². The number of nitrogens with zero attached hydrogens (tertiary/aromatic N) is 2. The summed E-state index contributed by atoms with van der Waals surface area (Å²) in [6, 6.07) is 0.427. The molecule has 0 radical (unpaired) electrons. The Morgan fingerprint density at radius 3 is 2.46 bits per heavy atom. The van der Waals surface area contributed by atoms with Gasteiger partial charge in [0.05, 0.1) is 10.6 Å². The molecule has 3 heterocycles. The van der Waals surface area contributed by atoms with Crippen LogP contribution in [0.2, 0.25) is 0 Å². The number of aromatic nitrogens is 1. The third kappa shape index (κ3) is 3.10. The molecule has 3 saturated carbocycles. The van der Waals surface area contributed by atoms with Crippen molar-refractivity contribution in [2.75, 3.05) is 6.54 Å². The van der Waals surface area contributed by atoms with Crippen molar-refractivity contribution in [3.63, 3.8) is 0 Å². The third-order valence-electron chi connectivity index (χ3n) is 7.21. The summed E-state index contributed by atoms with van der Waals surface area (Å²) >= 11 is 1.85. The SMILES string of the molecule is Cc1noc(C(=O)N2CC3CC4CC(C3)CC2C4)c1SC1CCCCC1. The van der Waals surface area contributed by atoms with Crippen LogP contribution in [0.1, 0.15) is 80.5 Å². The van der Waals surface area contributed by atoms with E-state index in [4.69, 9.17) is 4.52 Å². The minimum Gasteiger partial charge on any atom is -0.350 e. The molecule has 0 aromatic carbocycles. The highest BCUT2D eigenvalue weighted by molar-refractivity contribution is 8.00. The number of aryl methyl sites for hydroxylation is 1. The van der Waals surface area contributed by atoms with Crippen LogP contribution in [-0.4, -0.2) is 33.8 Å². The van der Waals surface area contributed by atoms with E-state index in [0.717, 1.165) is 29.0 Å². The molecule has 0 N–H and O–H groups in total. The Morgan fingerprint density at radius 1 is 1.04 bits per heavy atom. The third-order valence-corrected chi connectivity index (χ3v) is 8.73. The smallest absolute Gasteiger partial charge is 0.293 e. The fourth-order valence-electron chi connectivity index (χ4n) is 6.15. The Balaban J connectivity index is 1.38. The molecule has 6 rings (SSSR count). The van der Waals surface area contributed by atoms with E-state index in [0.29, 0.717) is 23.0 Å². The predicted molar refractivity (Wildman–Crippen MR) is 102 cm³/mol. The van der Waals surface area contributed by atoms with Gasteiger partial charge in [0.15, 0.2) is 0 Å². The quantitative estimate of drug-likeness (QED) is 0.742. The fraction of sp³-hybridized carbons (Fsp3) is 0.810. The first-order valence-electron chi connectivity index (χ1n) is 10.6. The lowest BCUT2D eigenvalue weighted by atomic mass is 9.68. The normalized spacial score (nSPS) is 34.3. The molecule has 4 bridgehead atoms. The van der Waals surface area contributed by atoms with Crippen LogP contribution in [0.15, 0.2) is 9.42 Å². The van der Waals surface area contributed by atoms with Gasteiger partial charge in [0, 0.05) is 17.8 Å². The van der Waals surface area contributed by atoms with Gasteiger partial charge in [0.2, 0.25) is 5.76 Å². The molecule has 4 nitrogen and oxygen atoms in total. The highest BCUT2D eigenvalue weighted by Gasteiger charge is 2.45. The van der Waals surface area contributed by atoms with Crippen molar-refractivity contribution < 1.29 is 9.32 Å². The van der Waals surface area contributed by atoms with E-state index >= 15 is 0 Å². The van der Waals surface area contributed by atoms with Gasteiger partial charge in [-0.25, -0.2) is 0 Å². The van der Waals surface area contributed by atoms with Crippen LogP contribution < -0.4 is 0 Å². The molecule has 2 aliphatic heterocycles. The second kappa shape index (κ2) is 6.88. The molecule has 26 heavy (non-hydrogen) atoms. The van der Waals surface area contributed by atoms with Crippen molar-refractivity contribution in [2.45, 2.75) is 87.3 Å². The first-order chi connectivity index (χ1) is 12.7. The van der Waals surface area contributed by atoms with Gasteiger partial charge in [0.25, 0.3) is 5.91 Å². The van der Waals surface area contributed by atoms with Crippen molar-refractivity contribution in [3.05, 3.63) is 11.5 Å². The Kier molecular flexibility index (Phi) is 4.54. The number of fused-ring (bicyclic) bond motifs is 1. The number of rotatable bonds is 3. The molecule has 5 fully saturated rings. The largest absolute Gasteiger partial charge is 0.350 e. The molecule has 5 aliphatic rings. The average molecular weight is 375 g/mol. The van der Waals surface area contributed by atoms with Gasteiger partial charge in [0.1, 0.15) is 0 Å². The number of carbonyl (C=O) groups excluding carboxylic acids is 1. The van der Waals surface area contributed by atoms with Crippen molar-refractivity contribution in [2.24, 2.45) is 17.8 Å². The van der Waals surface area contributed by atoms with E-state index in [1.54, 1.807) is 0 Å². The number of hydrogen-bond acceptors (Lipinski definition) is 4. The van der Waals surface area contributed by atoms with E-state index in [-0.39, 0.29) is 5.91 Å². The lowest BCUT2D eigenvalue weighted by Gasteiger charge is -2.38. The standard InChI is InChI=1S/C21H30N2O2S/c1-13-20(26-18-5-3-2-4-6-18)19(25-22-13)21(24)23-12-16-8-14-7-15(9-16)11-17(23)10-14/h14-18H,2-12H2,1H3. The molecule has 5 heteroatoms. The number of hydrogen-bond donors (Lipinski definition) is 0. The summed E-state index contributed by atoms with van der Waals surface area (Å²) in [7, 11) is 0. The maximum absolute atomic E-state index is 13.5. The summed E-state index contributed by atoms with van der Waals surface area (Å²) in [5.41, 5.74) is 0.893. The Hall–Kier alpha value is -0.970. The molecule has 1 aromatic heterocycles. The number of thioether (sulfide) groups is 1. The second-order valence-corrected chi connectivity index (χ2v) is 10.5. The van der Waals surface area contributed by atoms with Gasteiger partial charge >= 0.3 is 0 Å². The van der Waals surface area contributed by atoms with Crippen molar-refractivity contribution in [1.29, 1.82) is 0 Å². The van der Waals surface area contributed by atoms with Crippen LogP contribution in [0.3, 0.4) is 0 Å². The lowest BCUT2D eigenvalue weighted by molar-refractivity contribution is 0.0587. The molecule has 2 saturated heterocycles. The molecule has 2 unspecified atom stereocenters. The molecular formula is C21H30N2O2S. The van der Waals surface area contributed by atoms with Gasteiger partial charge in [-0.15, -0.1) is 11.8 Å². The maximum Gasteiger partial charge on any atom is 0.293 e. The zero-order valence-electron chi connectivity index (χ0n) is 15.8. The molecule has 3 aliphatic carbocycles. The van der Waals surface area contributed by atoms with Crippen molar-refractivity contribution in [3.8, 4) is 0 Å². The van der Waals surface area contributed by atoms with Crippen LogP contribution in [0.4, 0.5) is 0 Å². The Labute approximate surface area is 160 Å². The topological polar surface area (TPSA) is 46.3 Å². The summed E-state index contributed by atoms with van der Waals surface area (Å²) in [6.45, 7) is 2.92. The summed E-state index contributed by atoms with van der Waals surface area (Å²) in [4.78, 5) is 16.7. The first-order valence-corrected chi connectivity index (χ1v) is 11.5. The van der Waals surface area contributed by atoms with E-state index in [1.165, 1.54) is 64.2 Å². The van der Waals surface area contributed by atoms with Crippen LogP contribution in [0.5, 0.6) is 0 Å². The zero-order chi connectivity index (χ0) is 17.7. The Bertz CT molecular complexity index is 668. The minimum atomic E-state index is 0.113. The average Bonchev–Trinajstić information content (AvgIpc) is 2.87. The lowest BCUT2D eigenvalue weighted by Crippen LogP contribution is -2.42. The zero-order valence-corrected chi connectivity index (χ0v) is 16.6. The van der Waals surface area contributed by atoms with Crippen LogP contribution in [0.25, 0.3) is 0 Å². The number of amides is 1. The summed E-state index contributed by atoms with van der Waals surface area (Å²) in [5, 5.41) is 4.80. The first kappa shape index (κ1) is 17.2. The highest BCUT2D eigenvalue weighted by atomic mass is 32.2. The van der Waals surface area contributed by atoms with E-state index < -0.39 is 0 Å². The van der Waals surface area contributed by atoms with E-state index in [1.807, 2.05) is 18.7 Å². The van der Waals surface area contributed by atoms with Crippen LogP contribution >= 0.6 is 11.8 Å². The van der Waals surface area contributed by atoms with Crippen LogP contribution in [-0.2, 0) is 0 Å². The molecule has 1 aromatic rings. The van der Waals surface area contributed by atoms with E-state index in [9.17, 15) is 4.79 Å². The number of carbonyl (C=O) groups is 1. The monoisotopic (exact) mass is 374 g/mol. The fourth-order valence-corrected chi connectivity index (χ4v) is 7.49. The van der Waals surface area contributed by atoms with Gasteiger partial charge < -0.3 is 9.42 Å². The van der Waals surface area contributed by atoms with Crippen molar-refractivity contribution in [1.82, 2.24) is 10.1 Å². The maximum atomic E-state index is 13.5. The summed E-state index contributed by atoms with van der Waals surface area (Å²) in [6.07, 6.45) is 12.9. The summed E-state index contributed by atoms with van der Waals surface area (Å²) in [5.74, 6) is 3.04. The molecule has 142 valence electrons. The minimum absolute atomic E-state index is 0.113. The van der Waals surface area contributed by atoms with Gasteiger partial charge in [-0.1, -0.05) is 24.4 Å². The molecular weight excluding hydrogens is 344 g/mol. The van der Waals surface area contributed by atoms with Gasteiger partial charge in [-0.05, 0) is 69.6 Å². The Morgan fingerprint density at radius 2 is 1.73 bits per heavy atom. The van der Waals surface area contributed by atoms with Gasteiger partial charge in [-0.3, -0.25) is 4.79 Å². The van der Waals surface area contributed by atoms with Crippen molar-refractivity contribution >= 4 is 17.7 Å². The van der Waals surface area contributed by atoms with Gasteiger partial charge in [-0.2, -0.15) is 0 Å². The highest BCUT2D eigenvalue weighted by Crippen LogP contribution is 2.48.